The van der Waals surface area contributed by atoms with Gasteiger partial charge in [0.1, 0.15) is 23.5 Å². The first-order valence-corrected chi connectivity index (χ1v) is 15.4. The van der Waals surface area contributed by atoms with Crippen LogP contribution in [-0.2, 0) is 18.3 Å². The molecule has 0 spiro atoms. The third kappa shape index (κ3) is 5.99. The minimum absolute atomic E-state index is 0.00979. The van der Waals surface area contributed by atoms with E-state index in [0.717, 1.165) is 67.1 Å². The van der Waals surface area contributed by atoms with Gasteiger partial charge in [0.2, 0.25) is 0 Å². The molecule has 3 aliphatic rings. The molecular weight excluding hydrogens is 585 g/mol. The first-order chi connectivity index (χ1) is 21.7. The molecule has 1 saturated heterocycles. The quantitative estimate of drug-likeness (QED) is 0.217. The zero-order valence-corrected chi connectivity index (χ0v) is 24.6. The van der Waals surface area contributed by atoms with Crippen LogP contribution in [0, 0.1) is 11.3 Å². The molecule has 2 aliphatic carbocycles. The average Bonchev–Trinajstić information content (AvgIpc) is 3.67. The van der Waals surface area contributed by atoms with Crippen molar-refractivity contribution in [3.8, 4) is 17.3 Å². The standard InChI is InChI=1S/C31H35F3N10O/c32-31(33,34)26-9-19(15-37-22-11-24(45)12-22)10-27(42-26)41-21-2-7-43(8-3-21)23-13-30(14-23,4-5-35)44-17-20(16-40-44)28-25-1-6-36-29(25)39-18-38-28/h1,6,9-10,16-18,21-24,37,45H,2-4,7-8,11-15H2,(H,41,42)(H,36,38,39). The molecule has 0 unspecified atom stereocenters. The molecule has 0 aromatic carbocycles. The van der Waals surface area contributed by atoms with Gasteiger partial charge in [0, 0.05) is 61.1 Å². The Hall–Kier alpha value is -4.06. The summed E-state index contributed by atoms with van der Waals surface area (Å²) < 4.78 is 42.8. The maximum atomic E-state index is 13.6. The molecule has 236 valence electrons. The first kappa shape index (κ1) is 29.6. The van der Waals surface area contributed by atoms with E-state index in [9.17, 15) is 23.5 Å². The van der Waals surface area contributed by atoms with Gasteiger partial charge in [-0.2, -0.15) is 23.5 Å². The third-order valence-corrected chi connectivity index (χ3v) is 9.62. The Labute approximate surface area is 257 Å². The zero-order valence-electron chi connectivity index (χ0n) is 24.6. The number of nitriles is 1. The molecule has 4 N–H and O–H groups in total. The Morgan fingerprint density at radius 1 is 1.13 bits per heavy atom. The molecule has 14 heteroatoms. The molecular formula is C31H35F3N10O. The lowest BCUT2D eigenvalue weighted by Gasteiger charge is -2.52. The summed E-state index contributed by atoms with van der Waals surface area (Å²) in [5.74, 6) is 0.237. The highest BCUT2D eigenvalue weighted by Crippen LogP contribution is 2.45. The highest BCUT2D eigenvalue weighted by Gasteiger charge is 2.49. The van der Waals surface area contributed by atoms with Gasteiger partial charge in [-0.05, 0) is 62.3 Å². The normalized spacial score (nSPS) is 25.9. The number of hydrogen-bond acceptors (Lipinski definition) is 9. The van der Waals surface area contributed by atoms with E-state index in [2.05, 4.69) is 46.6 Å². The number of nitrogens with zero attached hydrogens (tertiary/aromatic N) is 7. The van der Waals surface area contributed by atoms with Crippen LogP contribution in [0.2, 0.25) is 0 Å². The number of aliphatic hydroxyl groups excluding tert-OH is 1. The van der Waals surface area contributed by atoms with E-state index < -0.39 is 11.9 Å². The van der Waals surface area contributed by atoms with E-state index in [1.54, 1.807) is 12.3 Å². The molecule has 3 fully saturated rings. The number of halogens is 3. The van der Waals surface area contributed by atoms with Gasteiger partial charge < -0.3 is 25.6 Å². The number of piperidine rings is 1. The lowest BCUT2D eigenvalue weighted by molar-refractivity contribution is -0.141. The summed E-state index contributed by atoms with van der Waals surface area (Å²) in [4.78, 5) is 18.2. The molecule has 0 bridgehead atoms. The van der Waals surface area contributed by atoms with Crippen LogP contribution in [0.5, 0.6) is 0 Å². The predicted molar refractivity (Wildman–Crippen MR) is 160 cm³/mol. The molecule has 0 radical (unpaired) electrons. The molecule has 0 atom stereocenters. The number of aromatic nitrogens is 6. The number of anilines is 1. The van der Waals surface area contributed by atoms with Gasteiger partial charge in [-0.15, -0.1) is 0 Å². The van der Waals surface area contributed by atoms with Crippen LogP contribution in [0.4, 0.5) is 19.0 Å². The topological polar surface area (TPSA) is 144 Å². The van der Waals surface area contributed by atoms with Crippen molar-refractivity contribution in [1.29, 1.82) is 5.26 Å². The molecule has 4 aromatic rings. The minimum Gasteiger partial charge on any atom is -0.393 e. The van der Waals surface area contributed by atoms with Crippen LogP contribution >= 0.6 is 0 Å². The van der Waals surface area contributed by atoms with E-state index in [1.807, 2.05) is 23.1 Å². The molecule has 11 nitrogen and oxygen atoms in total. The van der Waals surface area contributed by atoms with Crippen molar-refractivity contribution in [2.75, 3.05) is 18.4 Å². The minimum atomic E-state index is -4.54. The molecule has 5 heterocycles. The number of aromatic amines is 1. The van der Waals surface area contributed by atoms with E-state index in [-0.39, 0.29) is 36.1 Å². The Morgan fingerprint density at radius 3 is 2.67 bits per heavy atom. The SMILES string of the molecule is N#CCC1(n2cc(-c3ncnc4[nH]ccc34)cn2)CC(N2CCC(Nc3cc(CNC4CC(O)C4)cc(C(F)(F)F)n3)CC2)C1. The number of hydrogen-bond donors (Lipinski definition) is 4. The Morgan fingerprint density at radius 2 is 1.93 bits per heavy atom. The Bertz CT molecular complexity index is 1690. The number of H-pyrrole nitrogens is 1. The van der Waals surface area contributed by atoms with E-state index in [4.69, 9.17) is 0 Å². The summed E-state index contributed by atoms with van der Waals surface area (Å²) in [5.41, 5.74) is 1.65. The van der Waals surface area contributed by atoms with Crippen molar-refractivity contribution in [1.82, 2.24) is 39.9 Å². The van der Waals surface area contributed by atoms with Crippen molar-refractivity contribution in [2.24, 2.45) is 0 Å². The van der Waals surface area contributed by atoms with Gasteiger partial charge >= 0.3 is 6.18 Å². The van der Waals surface area contributed by atoms with Gasteiger partial charge in [-0.3, -0.25) is 4.68 Å². The fraction of sp³-hybridized carbons (Fsp3) is 0.516. The van der Waals surface area contributed by atoms with Gasteiger partial charge in [0.05, 0.1) is 36.0 Å². The maximum absolute atomic E-state index is 13.6. The number of likely N-dealkylation sites (tertiary alicyclic amines) is 1. The Balaban J connectivity index is 0.969. The highest BCUT2D eigenvalue weighted by molar-refractivity contribution is 5.90. The van der Waals surface area contributed by atoms with E-state index in [0.29, 0.717) is 30.9 Å². The van der Waals surface area contributed by atoms with Gasteiger partial charge in [0.15, 0.2) is 0 Å². The smallest absolute Gasteiger partial charge is 0.393 e. The fourth-order valence-electron chi connectivity index (χ4n) is 6.99. The predicted octanol–water partition coefficient (Wildman–Crippen LogP) is 4.20. The van der Waals surface area contributed by atoms with Crippen LogP contribution in [0.15, 0.2) is 43.1 Å². The van der Waals surface area contributed by atoms with Crippen LogP contribution < -0.4 is 10.6 Å². The summed E-state index contributed by atoms with van der Waals surface area (Å²) in [6, 6.07) is 7.51. The number of pyridine rings is 1. The number of rotatable bonds is 9. The number of alkyl halides is 3. The Kier molecular flexibility index (Phi) is 7.71. The monoisotopic (exact) mass is 620 g/mol. The van der Waals surface area contributed by atoms with Gasteiger partial charge in [-0.1, -0.05) is 0 Å². The van der Waals surface area contributed by atoms with Crippen molar-refractivity contribution in [3.05, 3.63) is 54.4 Å². The van der Waals surface area contributed by atoms with Crippen molar-refractivity contribution in [2.45, 2.75) is 87.4 Å². The molecule has 1 aliphatic heterocycles. The average molecular weight is 621 g/mol. The maximum Gasteiger partial charge on any atom is 0.433 e. The fourth-order valence-corrected chi connectivity index (χ4v) is 6.99. The lowest BCUT2D eigenvalue weighted by atomic mass is 9.69. The molecule has 4 aromatic heterocycles. The summed E-state index contributed by atoms with van der Waals surface area (Å²) in [6.07, 6.45) is 6.98. The third-order valence-electron chi connectivity index (χ3n) is 9.62. The summed E-state index contributed by atoms with van der Waals surface area (Å²) in [5, 5.41) is 31.3. The summed E-state index contributed by atoms with van der Waals surface area (Å²) >= 11 is 0. The van der Waals surface area contributed by atoms with E-state index in [1.165, 1.54) is 6.33 Å². The second-order valence-corrected chi connectivity index (χ2v) is 12.7. The lowest BCUT2D eigenvalue weighted by Crippen LogP contribution is -2.58. The second kappa shape index (κ2) is 11.7. The summed E-state index contributed by atoms with van der Waals surface area (Å²) in [7, 11) is 0. The largest absolute Gasteiger partial charge is 0.433 e. The number of fused-ring (bicyclic) bond motifs is 1. The van der Waals surface area contributed by atoms with Crippen molar-refractivity contribution >= 4 is 16.9 Å². The molecule has 2 saturated carbocycles. The van der Waals surface area contributed by atoms with Crippen LogP contribution in [0.25, 0.3) is 22.3 Å². The van der Waals surface area contributed by atoms with E-state index >= 15 is 0 Å². The molecule has 0 amide bonds. The summed E-state index contributed by atoms with van der Waals surface area (Å²) in [6.45, 7) is 1.90. The molecule has 7 rings (SSSR count). The molecule has 45 heavy (non-hydrogen) atoms. The van der Waals surface area contributed by atoms with Crippen LogP contribution in [0.3, 0.4) is 0 Å². The number of aliphatic hydroxyl groups is 1. The second-order valence-electron chi connectivity index (χ2n) is 12.7. The zero-order chi connectivity index (χ0) is 31.2. The van der Waals surface area contributed by atoms with Gasteiger partial charge in [-0.25, -0.2) is 15.0 Å². The van der Waals surface area contributed by atoms with Gasteiger partial charge in [0.25, 0.3) is 0 Å². The van der Waals surface area contributed by atoms with Crippen LogP contribution in [0.1, 0.15) is 56.2 Å². The van der Waals surface area contributed by atoms with Crippen molar-refractivity contribution in [3.63, 3.8) is 0 Å². The van der Waals surface area contributed by atoms with Crippen LogP contribution in [-0.4, -0.2) is 77.0 Å². The number of nitrogens with one attached hydrogen (secondary N) is 3. The highest BCUT2D eigenvalue weighted by atomic mass is 19.4. The van der Waals surface area contributed by atoms with Crippen molar-refractivity contribution < 1.29 is 18.3 Å². The first-order valence-electron chi connectivity index (χ1n) is 15.4.